The van der Waals surface area contributed by atoms with Crippen LogP contribution in [0.4, 0.5) is 0 Å². The van der Waals surface area contributed by atoms with Crippen LogP contribution in [0.25, 0.3) is 0 Å². The second-order valence-corrected chi connectivity index (χ2v) is 8.89. The SMILES string of the molecule is O=C(O)[C@@]12CCCC1C1CCC3=CCCCC3=C1CC2.ON=Cc1ccccc1. The quantitative estimate of drug-likeness (QED) is 0.370. The van der Waals surface area contributed by atoms with Crippen molar-refractivity contribution in [2.24, 2.45) is 22.4 Å². The number of carbonyl (C=O) groups is 1. The molecule has 0 saturated heterocycles. The highest BCUT2D eigenvalue weighted by Gasteiger charge is 2.55. The van der Waals surface area contributed by atoms with Gasteiger partial charge in [0.25, 0.3) is 0 Å². The van der Waals surface area contributed by atoms with E-state index in [0.29, 0.717) is 11.8 Å². The summed E-state index contributed by atoms with van der Waals surface area (Å²) in [4.78, 5) is 11.9. The van der Waals surface area contributed by atoms with E-state index >= 15 is 0 Å². The van der Waals surface area contributed by atoms with Crippen molar-refractivity contribution in [3.63, 3.8) is 0 Å². The van der Waals surface area contributed by atoms with Crippen molar-refractivity contribution in [3.05, 3.63) is 58.7 Å². The molecule has 4 aliphatic carbocycles. The van der Waals surface area contributed by atoms with Crippen molar-refractivity contribution < 1.29 is 15.1 Å². The highest BCUT2D eigenvalue weighted by molar-refractivity contribution is 5.78. The first-order valence-corrected chi connectivity index (χ1v) is 11.0. The number of rotatable bonds is 2. The van der Waals surface area contributed by atoms with E-state index < -0.39 is 5.97 Å². The summed E-state index contributed by atoms with van der Waals surface area (Å²) < 4.78 is 0. The Hall–Kier alpha value is -2.36. The maximum absolute atomic E-state index is 11.9. The molecule has 4 nitrogen and oxygen atoms in total. The van der Waals surface area contributed by atoms with Crippen molar-refractivity contribution in [1.82, 2.24) is 0 Å². The van der Waals surface area contributed by atoms with E-state index in [9.17, 15) is 9.90 Å². The normalized spacial score (nSPS) is 30.6. The molecule has 4 aliphatic rings. The highest BCUT2D eigenvalue weighted by atomic mass is 16.4. The van der Waals surface area contributed by atoms with Crippen molar-refractivity contribution in [2.75, 3.05) is 0 Å². The van der Waals surface area contributed by atoms with Gasteiger partial charge in [-0.25, -0.2) is 0 Å². The lowest BCUT2D eigenvalue weighted by Crippen LogP contribution is -2.43. The molecule has 0 radical (unpaired) electrons. The van der Waals surface area contributed by atoms with Gasteiger partial charge in [-0.2, -0.15) is 0 Å². The van der Waals surface area contributed by atoms with E-state index in [1.165, 1.54) is 38.3 Å². The minimum atomic E-state index is -0.506. The Labute approximate surface area is 173 Å². The van der Waals surface area contributed by atoms with E-state index in [0.717, 1.165) is 37.7 Å². The Morgan fingerprint density at radius 2 is 1.90 bits per heavy atom. The number of hydrogen-bond acceptors (Lipinski definition) is 3. The largest absolute Gasteiger partial charge is 0.481 e. The number of fused-ring (bicyclic) bond motifs is 4. The van der Waals surface area contributed by atoms with Gasteiger partial charge in [-0.05, 0) is 86.3 Å². The Bertz CT molecular complexity index is 839. The zero-order valence-corrected chi connectivity index (χ0v) is 17.0. The second-order valence-electron chi connectivity index (χ2n) is 8.89. The fraction of sp³-hybridized carbons (Fsp3) is 0.520. The molecule has 0 spiro atoms. The number of carboxylic acid groups (broad SMARTS) is 1. The predicted molar refractivity (Wildman–Crippen MR) is 114 cm³/mol. The third kappa shape index (κ3) is 3.77. The average Bonchev–Trinajstić information content (AvgIpc) is 3.21. The van der Waals surface area contributed by atoms with E-state index in [-0.39, 0.29) is 5.41 Å². The molecule has 0 aliphatic heterocycles. The summed E-state index contributed by atoms with van der Waals surface area (Å²) in [5, 5.41) is 20.8. The summed E-state index contributed by atoms with van der Waals surface area (Å²) in [7, 11) is 0. The van der Waals surface area contributed by atoms with Crippen LogP contribution in [-0.2, 0) is 4.79 Å². The molecule has 0 aromatic heterocycles. The molecule has 2 saturated carbocycles. The third-order valence-electron chi connectivity index (χ3n) is 7.58. The fourth-order valence-corrected chi connectivity index (χ4v) is 6.28. The van der Waals surface area contributed by atoms with Gasteiger partial charge in [0.15, 0.2) is 0 Å². The van der Waals surface area contributed by atoms with Crippen LogP contribution in [-0.4, -0.2) is 22.5 Å². The van der Waals surface area contributed by atoms with E-state index in [1.807, 2.05) is 30.3 Å². The van der Waals surface area contributed by atoms with Crippen molar-refractivity contribution >= 4 is 12.2 Å². The predicted octanol–water partition coefficient (Wildman–Crippen LogP) is 5.96. The molecule has 29 heavy (non-hydrogen) atoms. The summed E-state index contributed by atoms with van der Waals surface area (Å²) >= 11 is 0. The molecule has 0 bridgehead atoms. The first-order valence-electron chi connectivity index (χ1n) is 11.0. The molecular formula is C25H31NO3. The van der Waals surface area contributed by atoms with Gasteiger partial charge in [0.05, 0.1) is 11.6 Å². The molecule has 2 fully saturated rings. The highest BCUT2D eigenvalue weighted by Crippen LogP contribution is 2.60. The Morgan fingerprint density at radius 3 is 2.66 bits per heavy atom. The first-order chi connectivity index (χ1) is 14.2. The summed E-state index contributed by atoms with van der Waals surface area (Å²) in [6.45, 7) is 0. The molecule has 2 unspecified atom stereocenters. The maximum Gasteiger partial charge on any atom is 0.309 e. The van der Waals surface area contributed by atoms with Crippen LogP contribution < -0.4 is 0 Å². The number of nitrogens with zero attached hydrogens (tertiary/aromatic N) is 1. The monoisotopic (exact) mass is 393 g/mol. The van der Waals surface area contributed by atoms with E-state index in [4.69, 9.17) is 5.21 Å². The van der Waals surface area contributed by atoms with Gasteiger partial charge in [-0.15, -0.1) is 0 Å². The van der Waals surface area contributed by atoms with Gasteiger partial charge in [-0.3, -0.25) is 4.79 Å². The number of benzene rings is 1. The number of allylic oxidation sites excluding steroid dienone is 4. The lowest BCUT2D eigenvalue weighted by atomic mass is 9.57. The number of hydrogen-bond donors (Lipinski definition) is 2. The van der Waals surface area contributed by atoms with Gasteiger partial charge < -0.3 is 10.3 Å². The minimum Gasteiger partial charge on any atom is -0.481 e. The zero-order valence-electron chi connectivity index (χ0n) is 17.0. The van der Waals surface area contributed by atoms with Crippen molar-refractivity contribution in [3.8, 4) is 0 Å². The van der Waals surface area contributed by atoms with Crippen LogP contribution in [0.1, 0.15) is 69.8 Å². The maximum atomic E-state index is 11.9. The molecule has 0 amide bonds. The minimum absolute atomic E-state index is 0.370. The molecular weight excluding hydrogens is 362 g/mol. The van der Waals surface area contributed by atoms with Crippen molar-refractivity contribution in [2.45, 2.75) is 64.2 Å². The topological polar surface area (TPSA) is 69.9 Å². The average molecular weight is 394 g/mol. The molecule has 1 aromatic carbocycles. The molecule has 1 aromatic rings. The van der Waals surface area contributed by atoms with Crippen LogP contribution in [0.3, 0.4) is 0 Å². The van der Waals surface area contributed by atoms with Gasteiger partial charge in [-0.1, -0.05) is 53.6 Å². The van der Waals surface area contributed by atoms with Gasteiger partial charge in [0.1, 0.15) is 0 Å². The molecule has 154 valence electrons. The summed E-state index contributed by atoms with van der Waals surface area (Å²) in [6, 6.07) is 9.40. The Morgan fingerprint density at radius 1 is 1.07 bits per heavy atom. The van der Waals surface area contributed by atoms with Gasteiger partial charge in [0, 0.05) is 0 Å². The smallest absolute Gasteiger partial charge is 0.309 e. The Balaban J connectivity index is 0.000000192. The Kier molecular flexibility index (Phi) is 5.89. The molecule has 3 atom stereocenters. The molecule has 0 heterocycles. The van der Waals surface area contributed by atoms with E-state index in [2.05, 4.69) is 11.2 Å². The van der Waals surface area contributed by atoms with Crippen molar-refractivity contribution in [1.29, 1.82) is 0 Å². The van der Waals surface area contributed by atoms with Crippen LogP contribution in [0.2, 0.25) is 0 Å². The summed E-state index contributed by atoms with van der Waals surface area (Å²) in [5.41, 5.74) is 5.47. The van der Waals surface area contributed by atoms with Gasteiger partial charge >= 0.3 is 5.97 Å². The van der Waals surface area contributed by atoms with Crippen LogP contribution in [0.15, 0.2) is 58.3 Å². The number of aliphatic carboxylic acids is 1. The summed E-state index contributed by atoms with van der Waals surface area (Å²) in [6.07, 6.45) is 15.2. The number of oxime groups is 1. The standard InChI is InChI=1S/C18H24O2.C7H7NO/c19-17(20)18-10-3-6-16(18)15-8-7-12-4-1-2-5-13(12)14(15)9-11-18;9-8-6-7-4-2-1-3-5-7/h4,15-16H,1-3,5-11H2,(H,19,20);1-6,9H/t15?,16?,18-;/m1./s1. The lowest BCUT2D eigenvalue weighted by molar-refractivity contribution is -0.154. The third-order valence-corrected chi connectivity index (χ3v) is 7.58. The van der Waals surface area contributed by atoms with Crippen LogP contribution >= 0.6 is 0 Å². The second kappa shape index (κ2) is 8.56. The molecule has 2 N–H and O–H groups in total. The lowest BCUT2D eigenvalue weighted by Gasteiger charge is -2.46. The molecule has 4 heteroatoms. The summed E-state index contributed by atoms with van der Waals surface area (Å²) in [5.74, 6) is 0.515. The fourth-order valence-electron chi connectivity index (χ4n) is 6.28. The molecule has 5 rings (SSSR count). The first kappa shape index (κ1) is 19.9. The van der Waals surface area contributed by atoms with Crippen LogP contribution in [0.5, 0.6) is 0 Å². The van der Waals surface area contributed by atoms with E-state index in [1.54, 1.807) is 16.7 Å². The van der Waals surface area contributed by atoms with Crippen LogP contribution in [0, 0.1) is 17.3 Å². The number of carboxylic acids is 1. The zero-order chi connectivity index (χ0) is 20.3. The van der Waals surface area contributed by atoms with Gasteiger partial charge in [0.2, 0.25) is 0 Å².